The summed E-state index contributed by atoms with van der Waals surface area (Å²) in [5.41, 5.74) is 1.61. The summed E-state index contributed by atoms with van der Waals surface area (Å²) in [6.07, 6.45) is 5.35. The van der Waals surface area contributed by atoms with E-state index in [1.807, 2.05) is 59.1 Å². The second-order valence-electron chi connectivity index (χ2n) is 4.56. The maximum absolute atomic E-state index is 5.49. The minimum Gasteiger partial charge on any atom is -0.463 e. The highest BCUT2D eigenvalue weighted by molar-refractivity contribution is 5.76. The number of hydrogen-bond acceptors (Lipinski definition) is 4. The Morgan fingerprint density at radius 1 is 1.00 bits per heavy atom. The summed E-state index contributed by atoms with van der Waals surface area (Å²) in [6, 6.07) is 15.3. The van der Waals surface area contributed by atoms with Gasteiger partial charge in [0.25, 0.3) is 0 Å². The van der Waals surface area contributed by atoms with Gasteiger partial charge in [0.2, 0.25) is 0 Å². The molecule has 0 radical (unpaired) electrons. The molecule has 0 saturated carbocycles. The second-order valence-corrected chi connectivity index (χ2v) is 4.56. The van der Waals surface area contributed by atoms with Gasteiger partial charge in [-0.25, -0.2) is 9.97 Å². The molecule has 5 heteroatoms. The minimum absolute atomic E-state index is 0.720. The first-order chi connectivity index (χ1) is 10.4. The van der Waals surface area contributed by atoms with Crippen molar-refractivity contribution in [3.63, 3.8) is 0 Å². The zero-order chi connectivity index (χ0) is 14.1. The van der Waals surface area contributed by atoms with Crippen LogP contribution < -0.4 is 5.32 Å². The van der Waals surface area contributed by atoms with E-state index in [2.05, 4.69) is 15.3 Å². The average molecular weight is 276 g/mol. The Labute approximate surface area is 120 Å². The predicted molar refractivity (Wildman–Crippen MR) is 80.4 cm³/mol. The number of furan rings is 1. The van der Waals surface area contributed by atoms with Crippen molar-refractivity contribution in [3.8, 4) is 11.5 Å². The van der Waals surface area contributed by atoms with Crippen molar-refractivity contribution in [2.45, 2.75) is 0 Å². The topological polar surface area (TPSA) is 55.4 Å². The molecular weight excluding hydrogens is 264 g/mol. The smallest absolute Gasteiger partial charge is 0.156 e. The van der Waals surface area contributed by atoms with Crippen LogP contribution in [-0.4, -0.2) is 14.4 Å². The Morgan fingerprint density at radius 2 is 1.95 bits per heavy atom. The molecule has 0 fully saturated rings. The maximum Gasteiger partial charge on any atom is 0.156 e. The molecule has 0 unspecified atom stereocenters. The van der Waals surface area contributed by atoms with E-state index in [-0.39, 0.29) is 0 Å². The summed E-state index contributed by atoms with van der Waals surface area (Å²) >= 11 is 0. The Kier molecular flexibility index (Phi) is 2.67. The fourth-order valence-corrected chi connectivity index (χ4v) is 2.26. The van der Waals surface area contributed by atoms with Gasteiger partial charge in [0.05, 0.1) is 6.26 Å². The molecule has 0 spiro atoms. The number of rotatable bonds is 3. The quantitative estimate of drug-likeness (QED) is 0.619. The van der Waals surface area contributed by atoms with Crippen LogP contribution in [0.1, 0.15) is 0 Å². The highest BCUT2D eigenvalue weighted by Crippen LogP contribution is 2.30. The van der Waals surface area contributed by atoms with E-state index in [4.69, 9.17) is 4.42 Å². The minimum atomic E-state index is 0.720. The first kappa shape index (κ1) is 11.7. The van der Waals surface area contributed by atoms with Crippen molar-refractivity contribution < 1.29 is 4.42 Å². The van der Waals surface area contributed by atoms with Crippen molar-refractivity contribution in [2.24, 2.45) is 0 Å². The van der Waals surface area contributed by atoms with Crippen LogP contribution >= 0.6 is 0 Å². The SMILES string of the molecule is c1ccc(Nc2c(-c3ccco3)nc3ccccn23)nc1. The molecule has 0 aromatic carbocycles. The van der Waals surface area contributed by atoms with E-state index in [9.17, 15) is 0 Å². The Morgan fingerprint density at radius 3 is 2.76 bits per heavy atom. The van der Waals surface area contributed by atoms with Crippen LogP contribution in [0.25, 0.3) is 17.1 Å². The van der Waals surface area contributed by atoms with E-state index < -0.39 is 0 Å². The number of nitrogens with zero attached hydrogens (tertiary/aromatic N) is 3. The number of imidazole rings is 1. The molecule has 0 amide bonds. The number of anilines is 2. The maximum atomic E-state index is 5.49. The number of fused-ring (bicyclic) bond motifs is 1. The van der Waals surface area contributed by atoms with E-state index in [0.717, 1.165) is 28.7 Å². The van der Waals surface area contributed by atoms with Gasteiger partial charge in [-0.3, -0.25) is 4.40 Å². The largest absolute Gasteiger partial charge is 0.463 e. The van der Waals surface area contributed by atoms with Crippen LogP contribution in [0.2, 0.25) is 0 Å². The zero-order valence-electron chi connectivity index (χ0n) is 11.1. The monoisotopic (exact) mass is 276 g/mol. The fraction of sp³-hybridized carbons (Fsp3) is 0. The van der Waals surface area contributed by atoms with Gasteiger partial charge < -0.3 is 9.73 Å². The van der Waals surface area contributed by atoms with Gasteiger partial charge in [-0.15, -0.1) is 0 Å². The van der Waals surface area contributed by atoms with Crippen LogP contribution in [0.5, 0.6) is 0 Å². The van der Waals surface area contributed by atoms with Gasteiger partial charge >= 0.3 is 0 Å². The molecule has 0 aliphatic heterocycles. The molecular formula is C16H12N4O. The van der Waals surface area contributed by atoms with Gasteiger partial charge in [-0.05, 0) is 36.4 Å². The van der Waals surface area contributed by atoms with Crippen LogP contribution in [0.4, 0.5) is 11.6 Å². The van der Waals surface area contributed by atoms with Gasteiger partial charge in [0.1, 0.15) is 23.0 Å². The molecule has 102 valence electrons. The normalized spacial score (nSPS) is 10.9. The Bertz CT molecular complexity index is 866. The third-order valence-corrected chi connectivity index (χ3v) is 3.20. The average Bonchev–Trinajstić information content (AvgIpc) is 3.16. The van der Waals surface area contributed by atoms with E-state index in [1.165, 1.54) is 0 Å². The first-order valence-corrected chi connectivity index (χ1v) is 6.61. The highest BCUT2D eigenvalue weighted by Gasteiger charge is 2.16. The first-order valence-electron chi connectivity index (χ1n) is 6.61. The van der Waals surface area contributed by atoms with Crippen molar-refractivity contribution >= 4 is 17.3 Å². The number of nitrogens with one attached hydrogen (secondary N) is 1. The van der Waals surface area contributed by atoms with Gasteiger partial charge in [-0.1, -0.05) is 12.1 Å². The fourth-order valence-electron chi connectivity index (χ4n) is 2.26. The molecule has 0 aliphatic carbocycles. The van der Waals surface area contributed by atoms with Crippen LogP contribution in [0.15, 0.2) is 71.6 Å². The van der Waals surface area contributed by atoms with Gasteiger partial charge in [0.15, 0.2) is 5.76 Å². The molecule has 4 heterocycles. The van der Waals surface area contributed by atoms with Crippen molar-refractivity contribution in [3.05, 3.63) is 67.2 Å². The molecule has 1 N–H and O–H groups in total. The molecule has 5 nitrogen and oxygen atoms in total. The summed E-state index contributed by atoms with van der Waals surface area (Å²) in [7, 11) is 0. The molecule has 0 atom stereocenters. The summed E-state index contributed by atoms with van der Waals surface area (Å²) in [4.78, 5) is 8.93. The highest BCUT2D eigenvalue weighted by atomic mass is 16.3. The lowest BCUT2D eigenvalue weighted by Crippen LogP contribution is -1.98. The Balaban J connectivity index is 1.91. The van der Waals surface area contributed by atoms with Crippen LogP contribution in [0, 0.1) is 0 Å². The molecule has 4 aromatic heterocycles. The number of hydrogen-bond donors (Lipinski definition) is 1. The van der Waals surface area contributed by atoms with Crippen LogP contribution in [0.3, 0.4) is 0 Å². The van der Waals surface area contributed by atoms with Gasteiger partial charge in [-0.2, -0.15) is 0 Å². The summed E-state index contributed by atoms with van der Waals surface area (Å²) in [5.74, 6) is 2.31. The van der Waals surface area contributed by atoms with Crippen molar-refractivity contribution in [1.29, 1.82) is 0 Å². The third kappa shape index (κ3) is 2.04. The standard InChI is InChI=1S/C16H12N4O/c1-3-9-17-13(7-1)18-16-15(12-6-5-11-21-12)19-14-8-2-4-10-20(14)16/h1-11H,(H,17,18). The molecule has 0 saturated heterocycles. The van der Waals surface area contributed by atoms with Gasteiger partial charge in [0, 0.05) is 12.4 Å². The summed E-state index contributed by atoms with van der Waals surface area (Å²) in [6.45, 7) is 0. The third-order valence-electron chi connectivity index (χ3n) is 3.20. The molecule has 0 bridgehead atoms. The van der Waals surface area contributed by atoms with Crippen LogP contribution in [-0.2, 0) is 0 Å². The van der Waals surface area contributed by atoms with E-state index in [0.29, 0.717) is 0 Å². The summed E-state index contributed by atoms with van der Waals surface area (Å²) < 4.78 is 7.47. The second kappa shape index (κ2) is 4.79. The van der Waals surface area contributed by atoms with E-state index >= 15 is 0 Å². The lowest BCUT2D eigenvalue weighted by Gasteiger charge is -2.06. The molecule has 4 rings (SSSR count). The zero-order valence-corrected chi connectivity index (χ0v) is 11.1. The molecule has 21 heavy (non-hydrogen) atoms. The van der Waals surface area contributed by atoms with E-state index in [1.54, 1.807) is 12.5 Å². The lowest BCUT2D eigenvalue weighted by atomic mass is 10.3. The van der Waals surface area contributed by atoms with Crippen molar-refractivity contribution in [1.82, 2.24) is 14.4 Å². The predicted octanol–water partition coefficient (Wildman–Crippen LogP) is 3.73. The number of pyridine rings is 2. The lowest BCUT2D eigenvalue weighted by molar-refractivity contribution is 0.581. The molecule has 0 aliphatic rings. The molecule has 4 aromatic rings. The number of aromatic nitrogens is 3. The van der Waals surface area contributed by atoms with Crippen molar-refractivity contribution in [2.75, 3.05) is 5.32 Å². The summed E-state index contributed by atoms with van der Waals surface area (Å²) in [5, 5.41) is 3.31. The Hall–Kier alpha value is -3.08.